The molecule has 0 radical (unpaired) electrons. The third-order valence-corrected chi connectivity index (χ3v) is 0. The van der Waals surface area contributed by atoms with Crippen LogP contribution in [0.1, 0.15) is 0 Å². The smallest absolute Gasteiger partial charge is 2.00 e. The maximum absolute atomic E-state index is 0. The zero-order chi connectivity index (χ0) is 0. The first kappa shape index (κ1) is 31.3. The number of hydrogen-bond donors (Lipinski definition) is 0. The molecule has 0 amide bonds. The summed E-state index contributed by atoms with van der Waals surface area (Å²) in [5, 5.41) is 0. The summed E-state index contributed by atoms with van der Waals surface area (Å²) >= 11 is 0. The summed E-state index contributed by atoms with van der Waals surface area (Å²) in [6.07, 6.45) is 0. The third kappa shape index (κ3) is 8.82. The monoisotopic (exact) mass is 464 g/mol. The minimum atomic E-state index is 0. The number of hydrogen-bond acceptors (Lipinski definition) is 0. The molecule has 0 aromatic carbocycles. The summed E-state index contributed by atoms with van der Waals surface area (Å²) in [4.78, 5) is 0. The standard InChI is InChI=1S/Ag.Au.2Se/q+1;+3;2*-2. The van der Waals surface area contributed by atoms with Crippen LogP contribution in [0, 0.1) is 0 Å². The zero-order valence-corrected chi connectivity index (χ0v) is 8.49. The van der Waals surface area contributed by atoms with E-state index in [0.29, 0.717) is 0 Å². The van der Waals surface area contributed by atoms with Gasteiger partial charge in [0.2, 0.25) is 0 Å². The summed E-state index contributed by atoms with van der Waals surface area (Å²) in [7, 11) is 0. The predicted molar refractivity (Wildman–Crippen MR) is 11.5 cm³/mol. The Kier molecular flexibility index (Phi) is 139. The van der Waals surface area contributed by atoms with Crippen LogP contribution in [0.3, 0.4) is 0 Å². The topological polar surface area (TPSA) is 0 Å². The third-order valence-electron chi connectivity index (χ3n) is 0. The molecule has 0 bridgehead atoms. The zero-order valence-electron chi connectivity index (χ0n) is 1.42. The Labute approximate surface area is 77.8 Å². The van der Waals surface area contributed by atoms with E-state index in [2.05, 4.69) is 0 Å². The van der Waals surface area contributed by atoms with E-state index in [1.54, 1.807) is 0 Å². The fraction of sp³-hybridized carbons (Fsp3) is 0. The molecule has 0 spiro atoms. The van der Waals surface area contributed by atoms with Gasteiger partial charge in [0.05, 0.1) is 0 Å². The van der Waals surface area contributed by atoms with Gasteiger partial charge in [-0.3, -0.25) is 0 Å². The van der Waals surface area contributed by atoms with E-state index in [4.69, 9.17) is 0 Å². The molecule has 0 nitrogen and oxygen atoms in total. The molecule has 0 rings (SSSR count). The largest absolute Gasteiger partial charge is 3.00 e. The van der Waals surface area contributed by atoms with E-state index in [1.807, 2.05) is 0 Å². The normalized spacial score (nSPS) is 0. The molecule has 0 N–H and O–H groups in total. The first-order valence-corrected chi connectivity index (χ1v) is 0. The Bertz CT molecular complexity index is 6.00. The van der Waals surface area contributed by atoms with Gasteiger partial charge in [0.1, 0.15) is 0 Å². The minimum absolute atomic E-state index is 0. The van der Waals surface area contributed by atoms with Gasteiger partial charge in [0, 0.05) is 0 Å². The maximum Gasteiger partial charge on any atom is 3.00 e. The van der Waals surface area contributed by atoms with Crippen LogP contribution in [-0.2, 0) is 44.8 Å². The van der Waals surface area contributed by atoms with Gasteiger partial charge in [-0.05, 0) is 0 Å². The van der Waals surface area contributed by atoms with Crippen molar-refractivity contribution in [2.45, 2.75) is 0 Å². The van der Waals surface area contributed by atoms with Crippen LogP contribution in [0.25, 0.3) is 0 Å². The van der Waals surface area contributed by atoms with E-state index < -0.39 is 0 Å². The second-order valence-corrected chi connectivity index (χ2v) is 0. The average Bonchev–Trinajstić information content (AvgIpc) is 0. The second kappa shape index (κ2) is 17.8. The Balaban J connectivity index is 0. The Morgan fingerprint density at radius 1 is 0.750 bits per heavy atom. The van der Waals surface area contributed by atoms with Gasteiger partial charge in [0.15, 0.2) is 0 Å². The Hall–Kier alpha value is 2.52. The van der Waals surface area contributed by atoms with Crippen molar-refractivity contribution < 1.29 is 44.8 Å². The number of rotatable bonds is 0. The van der Waals surface area contributed by atoms with E-state index >= 15 is 0 Å². The molecular weight excluding hydrogens is 463 g/mol. The molecule has 0 aliphatic rings. The van der Waals surface area contributed by atoms with Crippen molar-refractivity contribution in [3.05, 3.63) is 0 Å². The van der Waals surface area contributed by atoms with Crippen LogP contribution in [0.5, 0.6) is 0 Å². The van der Waals surface area contributed by atoms with E-state index in [9.17, 15) is 0 Å². The Morgan fingerprint density at radius 2 is 0.750 bits per heavy atom. The predicted octanol–water partition coefficient (Wildman–Crippen LogP) is -0.767. The maximum atomic E-state index is 0. The van der Waals surface area contributed by atoms with Gasteiger partial charge in [-0.1, -0.05) is 0 Å². The fourth-order valence-electron chi connectivity index (χ4n) is 0. The van der Waals surface area contributed by atoms with Crippen molar-refractivity contribution in [1.82, 2.24) is 0 Å². The Morgan fingerprint density at radius 3 is 0.750 bits per heavy atom. The molecule has 0 unspecified atom stereocenters. The summed E-state index contributed by atoms with van der Waals surface area (Å²) in [5.74, 6) is 0. The van der Waals surface area contributed by atoms with Gasteiger partial charge in [-0.15, -0.1) is 0 Å². The molecule has 0 heterocycles. The molecule has 0 aliphatic carbocycles. The van der Waals surface area contributed by atoms with Gasteiger partial charge >= 0.3 is 44.8 Å². The van der Waals surface area contributed by atoms with Crippen molar-refractivity contribution in [3.8, 4) is 0 Å². The van der Waals surface area contributed by atoms with Crippen molar-refractivity contribution in [2.75, 3.05) is 0 Å². The van der Waals surface area contributed by atoms with Crippen LogP contribution in [0.15, 0.2) is 0 Å². The van der Waals surface area contributed by atoms with Crippen molar-refractivity contribution in [3.63, 3.8) is 0 Å². The molecule has 0 aromatic heterocycles. The first-order valence-electron chi connectivity index (χ1n) is 0. The molecule has 0 aromatic rings. The van der Waals surface area contributed by atoms with Crippen LogP contribution in [-0.4, -0.2) is 34.1 Å². The molecular formula is AgAuSe2. The van der Waals surface area contributed by atoms with E-state index in [1.165, 1.54) is 0 Å². The first-order chi connectivity index (χ1) is 0. The summed E-state index contributed by atoms with van der Waals surface area (Å²) in [6, 6.07) is 0. The molecule has 34 valence electrons. The van der Waals surface area contributed by atoms with Gasteiger partial charge < -0.3 is 34.1 Å². The van der Waals surface area contributed by atoms with Crippen LogP contribution in [0.4, 0.5) is 0 Å². The summed E-state index contributed by atoms with van der Waals surface area (Å²) < 4.78 is 0. The second-order valence-electron chi connectivity index (χ2n) is 0. The van der Waals surface area contributed by atoms with E-state index in [0.717, 1.165) is 0 Å². The van der Waals surface area contributed by atoms with Gasteiger partial charge in [-0.2, -0.15) is 0 Å². The molecule has 4 heavy (non-hydrogen) atoms. The molecule has 0 saturated carbocycles. The van der Waals surface area contributed by atoms with Crippen molar-refractivity contribution in [2.24, 2.45) is 0 Å². The van der Waals surface area contributed by atoms with Gasteiger partial charge in [0.25, 0.3) is 0 Å². The van der Waals surface area contributed by atoms with E-state index in [-0.39, 0.29) is 78.9 Å². The molecule has 0 fully saturated rings. The summed E-state index contributed by atoms with van der Waals surface area (Å²) in [6.45, 7) is 0. The fourth-order valence-corrected chi connectivity index (χ4v) is 0. The SMILES string of the molecule is [Ag+].[Au+3].[Se-2].[Se-2]. The van der Waals surface area contributed by atoms with Crippen molar-refractivity contribution in [1.29, 1.82) is 0 Å². The summed E-state index contributed by atoms with van der Waals surface area (Å²) in [5.41, 5.74) is 0. The van der Waals surface area contributed by atoms with Crippen LogP contribution < -0.4 is 0 Å². The molecule has 0 atom stereocenters. The molecule has 0 aliphatic heterocycles. The molecule has 0 saturated heterocycles. The molecule has 4 heteroatoms. The average molecular weight is 463 g/mol. The van der Waals surface area contributed by atoms with Crippen molar-refractivity contribution >= 4 is 34.1 Å². The quantitative estimate of drug-likeness (QED) is 0.415. The van der Waals surface area contributed by atoms with Gasteiger partial charge in [-0.25, -0.2) is 0 Å². The van der Waals surface area contributed by atoms with Crippen LogP contribution >= 0.6 is 0 Å². The van der Waals surface area contributed by atoms with Crippen LogP contribution in [0.2, 0.25) is 0 Å². The minimum Gasteiger partial charge on any atom is -2.00 e.